The lowest BCUT2D eigenvalue weighted by atomic mass is 10.0. The Morgan fingerprint density at radius 2 is 1.47 bits per heavy atom. The molecular formula is C16H22N+. The summed E-state index contributed by atoms with van der Waals surface area (Å²) in [5, 5.41) is 0. The minimum Gasteiger partial charge on any atom is -0.199 e. The standard InChI is InChI=1S/C14H16N.C2H6/c1-11-7-4-5-9-13(11)14-10-6-8-12(2)15(14)3;1-2/h4-10H,1-3H3;1-2H3/q+1;. The van der Waals surface area contributed by atoms with Crippen LogP contribution < -0.4 is 4.57 Å². The third-order valence-corrected chi connectivity index (χ3v) is 2.90. The zero-order chi connectivity index (χ0) is 12.8. The Balaban J connectivity index is 0.000000686. The Morgan fingerprint density at radius 1 is 0.824 bits per heavy atom. The molecule has 2 rings (SSSR count). The number of rotatable bonds is 1. The first-order valence-corrected chi connectivity index (χ1v) is 6.22. The van der Waals surface area contributed by atoms with Gasteiger partial charge in [-0.2, -0.15) is 4.57 Å². The van der Waals surface area contributed by atoms with Crippen LogP contribution in [-0.4, -0.2) is 0 Å². The van der Waals surface area contributed by atoms with Crippen molar-refractivity contribution >= 4 is 0 Å². The molecule has 0 aliphatic heterocycles. The van der Waals surface area contributed by atoms with Gasteiger partial charge in [-0.15, -0.1) is 0 Å². The zero-order valence-corrected chi connectivity index (χ0v) is 11.5. The van der Waals surface area contributed by atoms with Crippen molar-refractivity contribution in [3.05, 3.63) is 53.7 Å². The minimum atomic E-state index is 1.27. The third kappa shape index (κ3) is 2.94. The molecule has 1 heterocycles. The second-order valence-corrected chi connectivity index (χ2v) is 3.93. The summed E-state index contributed by atoms with van der Waals surface area (Å²) >= 11 is 0. The lowest BCUT2D eigenvalue weighted by molar-refractivity contribution is -0.666. The monoisotopic (exact) mass is 228 g/mol. The summed E-state index contributed by atoms with van der Waals surface area (Å²) in [5.74, 6) is 0. The van der Waals surface area contributed by atoms with Crippen molar-refractivity contribution in [2.45, 2.75) is 27.7 Å². The molecule has 0 aliphatic rings. The van der Waals surface area contributed by atoms with Crippen LogP contribution in [0.3, 0.4) is 0 Å². The number of benzene rings is 1. The van der Waals surface area contributed by atoms with E-state index in [-0.39, 0.29) is 0 Å². The van der Waals surface area contributed by atoms with Crippen molar-refractivity contribution in [3.63, 3.8) is 0 Å². The van der Waals surface area contributed by atoms with Crippen LogP contribution in [0.2, 0.25) is 0 Å². The number of nitrogens with zero attached hydrogens (tertiary/aromatic N) is 1. The van der Waals surface area contributed by atoms with Crippen molar-refractivity contribution in [2.24, 2.45) is 7.05 Å². The fourth-order valence-electron chi connectivity index (χ4n) is 1.82. The SMILES string of the molecule is CC.Cc1ccccc1-c1cccc(C)[n+]1C. The molecule has 0 N–H and O–H groups in total. The molecule has 0 atom stereocenters. The van der Waals surface area contributed by atoms with Crippen LogP contribution in [0.15, 0.2) is 42.5 Å². The van der Waals surface area contributed by atoms with E-state index in [9.17, 15) is 0 Å². The van der Waals surface area contributed by atoms with E-state index in [0.29, 0.717) is 0 Å². The average Bonchev–Trinajstić information content (AvgIpc) is 2.36. The highest BCUT2D eigenvalue weighted by atomic mass is 14.9. The number of aryl methyl sites for hydroxylation is 2. The second kappa shape index (κ2) is 6.19. The van der Waals surface area contributed by atoms with Crippen LogP contribution in [0.5, 0.6) is 0 Å². The van der Waals surface area contributed by atoms with E-state index in [1.165, 1.54) is 22.5 Å². The van der Waals surface area contributed by atoms with E-state index in [0.717, 1.165) is 0 Å². The fraction of sp³-hybridized carbons (Fsp3) is 0.312. The Bertz CT molecular complexity index is 487. The fourth-order valence-corrected chi connectivity index (χ4v) is 1.82. The van der Waals surface area contributed by atoms with Crippen LogP contribution >= 0.6 is 0 Å². The minimum absolute atomic E-state index is 1.27. The Labute approximate surface area is 105 Å². The van der Waals surface area contributed by atoms with E-state index < -0.39 is 0 Å². The number of aromatic nitrogens is 1. The van der Waals surface area contributed by atoms with Gasteiger partial charge in [-0.05, 0) is 24.6 Å². The first-order chi connectivity index (χ1) is 8.20. The van der Waals surface area contributed by atoms with Gasteiger partial charge >= 0.3 is 0 Å². The molecule has 0 aliphatic carbocycles. The number of hydrogen-bond acceptors (Lipinski definition) is 0. The van der Waals surface area contributed by atoms with E-state index in [1.807, 2.05) is 13.8 Å². The van der Waals surface area contributed by atoms with Crippen molar-refractivity contribution in [2.75, 3.05) is 0 Å². The summed E-state index contributed by atoms with van der Waals surface area (Å²) in [4.78, 5) is 0. The van der Waals surface area contributed by atoms with Gasteiger partial charge in [0, 0.05) is 24.6 Å². The van der Waals surface area contributed by atoms with Crippen LogP contribution in [0.4, 0.5) is 0 Å². The van der Waals surface area contributed by atoms with Gasteiger partial charge in [-0.25, -0.2) is 0 Å². The maximum atomic E-state index is 2.22. The molecule has 1 heteroatoms. The highest BCUT2D eigenvalue weighted by Crippen LogP contribution is 2.19. The summed E-state index contributed by atoms with van der Waals surface area (Å²) < 4.78 is 2.22. The van der Waals surface area contributed by atoms with Crippen molar-refractivity contribution in [1.29, 1.82) is 0 Å². The predicted molar refractivity (Wildman–Crippen MR) is 73.9 cm³/mol. The molecule has 0 radical (unpaired) electrons. The zero-order valence-electron chi connectivity index (χ0n) is 11.5. The molecular weight excluding hydrogens is 206 g/mol. The van der Waals surface area contributed by atoms with E-state index in [2.05, 4.69) is 67.9 Å². The molecule has 1 aromatic heterocycles. The van der Waals surface area contributed by atoms with E-state index in [4.69, 9.17) is 0 Å². The first kappa shape index (κ1) is 13.4. The first-order valence-electron chi connectivity index (χ1n) is 6.22. The van der Waals surface area contributed by atoms with Gasteiger partial charge in [0.05, 0.1) is 0 Å². The molecule has 90 valence electrons. The Morgan fingerprint density at radius 3 is 2.12 bits per heavy atom. The van der Waals surface area contributed by atoms with Gasteiger partial charge < -0.3 is 0 Å². The van der Waals surface area contributed by atoms with Gasteiger partial charge in [0.1, 0.15) is 7.05 Å². The molecule has 0 unspecified atom stereocenters. The predicted octanol–water partition coefficient (Wildman–Crippen LogP) is 3.82. The smallest absolute Gasteiger partial charge is 0.199 e. The molecule has 0 bridgehead atoms. The van der Waals surface area contributed by atoms with E-state index >= 15 is 0 Å². The summed E-state index contributed by atoms with van der Waals surface area (Å²) in [6, 6.07) is 14.9. The lowest BCUT2D eigenvalue weighted by Gasteiger charge is -2.04. The van der Waals surface area contributed by atoms with Crippen LogP contribution in [-0.2, 0) is 7.05 Å². The van der Waals surface area contributed by atoms with Crippen molar-refractivity contribution < 1.29 is 4.57 Å². The summed E-state index contributed by atoms with van der Waals surface area (Å²) in [7, 11) is 2.11. The summed E-state index contributed by atoms with van der Waals surface area (Å²) in [5.41, 5.74) is 5.17. The molecule has 1 aromatic carbocycles. The van der Waals surface area contributed by atoms with Crippen LogP contribution in [0.1, 0.15) is 25.1 Å². The molecule has 0 saturated carbocycles. The third-order valence-electron chi connectivity index (χ3n) is 2.90. The average molecular weight is 228 g/mol. The van der Waals surface area contributed by atoms with Gasteiger partial charge in [0.25, 0.3) is 0 Å². The second-order valence-electron chi connectivity index (χ2n) is 3.93. The highest BCUT2D eigenvalue weighted by Gasteiger charge is 2.12. The summed E-state index contributed by atoms with van der Waals surface area (Å²) in [6.07, 6.45) is 0. The van der Waals surface area contributed by atoms with Crippen LogP contribution in [0.25, 0.3) is 11.3 Å². The van der Waals surface area contributed by atoms with Gasteiger partial charge in [-0.3, -0.25) is 0 Å². The maximum Gasteiger partial charge on any atom is 0.212 e. The number of pyridine rings is 1. The molecule has 17 heavy (non-hydrogen) atoms. The van der Waals surface area contributed by atoms with Crippen LogP contribution in [0, 0.1) is 13.8 Å². The van der Waals surface area contributed by atoms with Gasteiger partial charge in [0.2, 0.25) is 5.69 Å². The molecule has 2 aromatic rings. The van der Waals surface area contributed by atoms with Crippen molar-refractivity contribution in [1.82, 2.24) is 0 Å². The maximum absolute atomic E-state index is 2.22. The normalized spacial score (nSPS) is 9.47. The largest absolute Gasteiger partial charge is 0.212 e. The number of hydrogen-bond donors (Lipinski definition) is 0. The Hall–Kier alpha value is -1.63. The lowest BCUT2D eigenvalue weighted by Crippen LogP contribution is -2.34. The molecule has 0 amide bonds. The topological polar surface area (TPSA) is 3.88 Å². The Kier molecular flexibility index (Phi) is 4.89. The molecule has 0 saturated heterocycles. The quantitative estimate of drug-likeness (QED) is 0.653. The van der Waals surface area contributed by atoms with Gasteiger partial charge in [-0.1, -0.05) is 32.0 Å². The molecule has 0 spiro atoms. The van der Waals surface area contributed by atoms with E-state index in [1.54, 1.807) is 0 Å². The molecule has 1 nitrogen and oxygen atoms in total. The summed E-state index contributed by atoms with van der Waals surface area (Å²) in [6.45, 7) is 8.28. The van der Waals surface area contributed by atoms with Gasteiger partial charge in [0.15, 0.2) is 5.69 Å². The van der Waals surface area contributed by atoms with Crippen molar-refractivity contribution in [3.8, 4) is 11.3 Å². The highest BCUT2D eigenvalue weighted by molar-refractivity contribution is 5.60. The molecule has 0 fully saturated rings.